The van der Waals surface area contributed by atoms with Crippen molar-refractivity contribution in [1.29, 1.82) is 0 Å². The van der Waals surface area contributed by atoms with E-state index in [-0.39, 0.29) is 6.04 Å². The zero-order valence-corrected chi connectivity index (χ0v) is 14.5. The van der Waals surface area contributed by atoms with Gasteiger partial charge in [0.1, 0.15) is 12.4 Å². The predicted molar refractivity (Wildman–Crippen MR) is 96.5 cm³/mol. The van der Waals surface area contributed by atoms with Crippen molar-refractivity contribution in [3.8, 4) is 5.69 Å². The van der Waals surface area contributed by atoms with Crippen LogP contribution in [0.4, 0.5) is 0 Å². The van der Waals surface area contributed by atoms with E-state index in [0.717, 1.165) is 16.7 Å². The maximum Gasteiger partial charge on any atom is 0.176 e. The summed E-state index contributed by atoms with van der Waals surface area (Å²) in [6.45, 7) is 1.97. The average Bonchev–Trinajstić information content (AvgIpc) is 3.38. The van der Waals surface area contributed by atoms with Crippen LogP contribution in [0, 0.1) is 0 Å². The molecule has 0 aliphatic rings. The van der Waals surface area contributed by atoms with Gasteiger partial charge < -0.3 is 0 Å². The molecule has 4 aromatic heterocycles. The Kier molecular flexibility index (Phi) is 3.26. The molecule has 5 aromatic rings. The monoisotopic (exact) mass is 364 g/mol. The first kappa shape index (κ1) is 15.0. The molecular weight excluding hydrogens is 352 g/mol. The number of aromatic nitrogens is 8. The van der Waals surface area contributed by atoms with Crippen molar-refractivity contribution in [1.82, 2.24) is 39.1 Å². The Hall–Kier alpha value is -3.26. The van der Waals surface area contributed by atoms with Crippen LogP contribution < -0.4 is 0 Å². The van der Waals surface area contributed by atoms with E-state index < -0.39 is 0 Å². The molecule has 0 aliphatic carbocycles. The lowest BCUT2D eigenvalue weighted by molar-refractivity contribution is 0.536. The third-order valence-electron chi connectivity index (χ3n) is 4.26. The zero-order chi connectivity index (χ0) is 17.7. The summed E-state index contributed by atoms with van der Waals surface area (Å²) in [6.07, 6.45) is 6.76. The maximum absolute atomic E-state index is 5.96. The van der Waals surface area contributed by atoms with Crippen molar-refractivity contribution in [2.45, 2.75) is 13.0 Å². The lowest BCUT2D eigenvalue weighted by atomic mass is 10.3. The van der Waals surface area contributed by atoms with E-state index in [9.17, 15) is 0 Å². The molecular formula is C17H13ClN8. The minimum absolute atomic E-state index is 0.151. The second-order valence-corrected chi connectivity index (χ2v) is 6.36. The van der Waals surface area contributed by atoms with Gasteiger partial charge in [0.15, 0.2) is 17.1 Å². The van der Waals surface area contributed by atoms with Gasteiger partial charge in [-0.05, 0) is 19.1 Å². The van der Waals surface area contributed by atoms with Gasteiger partial charge in [0, 0.05) is 6.20 Å². The molecule has 5 rings (SSSR count). The fraction of sp³-hybridized carbons (Fsp3) is 0.118. The van der Waals surface area contributed by atoms with Gasteiger partial charge in [0.2, 0.25) is 0 Å². The Balaban J connectivity index is 1.65. The number of benzene rings is 1. The van der Waals surface area contributed by atoms with Gasteiger partial charge in [-0.15, -0.1) is 5.10 Å². The Morgan fingerprint density at radius 3 is 2.65 bits per heavy atom. The fourth-order valence-corrected chi connectivity index (χ4v) is 3.06. The highest BCUT2D eigenvalue weighted by Gasteiger charge is 2.18. The van der Waals surface area contributed by atoms with E-state index in [1.54, 1.807) is 38.8 Å². The van der Waals surface area contributed by atoms with Crippen LogP contribution in [-0.4, -0.2) is 39.1 Å². The fourth-order valence-electron chi connectivity index (χ4n) is 2.92. The quantitative estimate of drug-likeness (QED) is 0.492. The summed E-state index contributed by atoms with van der Waals surface area (Å²) >= 11 is 5.96. The lowest BCUT2D eigenvalue weighted by Crippen LogP contribution is -2.09. The molecule has 1 aromatic carbocycles. The van der Waals surface area contributed by atoms with Crippen molar-refractivity contribution < 1.29 is 0 Å². The number of rotatable bonds is 3. The number of halogens is 1. The maximum atomic E-state index is 5.96. The summed E-state index contributed by atoms with van der Waals surface area (Å²) in [6, 6.07) is 9.71. The van der Waals surface area contributed by atoms with Crippen molar-refractivity contribution in [3.63, 3.8) is 0 Å². The van der Waals surface area contributed by atoms with Crippen molar-refractivity contribution >= 4 is 28.3 Å². The van der Waals surface area contributed by atoms with Gasteiger partial charge in [-0.3, -0.25) is 4.68 Å². The largest absolute Gasteiger partial charge is 0.261 e. The second-order valence-electron chi connectivity index (χ2n) is 5.93. The Bertz CT molecular complexity index is 1220. The summed E-state index contributed by atoms with van der Waals surface area (Å²) in [7, 11) is 0. The lowest BCUT2D eigenvalue weighted by Gasteiger charge is -2.06. The SMILES string of the molecule is C[C@@H](c1nc2c3cnn(-c4ccccc4)c3ncn2n1)n1cc(Cl)cn1. The molecule has 0 spiro atoms. The molecule has 0 aliphatic heterocycles. The number of hydrogen-bond donors (Lipinski definition) is 0. The third kappa shape index (κ3) is 2.26. The highest BCUT2D eigenvalue weighted by molar-refractivity contribution is 6.30. The summed E-state index contributed by atoms with van der Waals surface area (Å²) in [5.74, 6) is 0.631. The van der Waals surface area contributed by atoms with Gasteiger partial charge in [0.05, 0.1) is 28.5 Å². The van der Waals surface area contributed by atoms with Crippen LogP contribution in [0.1, 0.15) is 18.8 Å². The molecule has 9 heteroatoms. The van der Waals surface area contributed by atoms with E-state index in [0.29, 0.717) is 16.5 Å². The van der Waals surface area contributed by atoms with Crippen LogP contribution in [0.5, 0.6) is 0 Å². The Morgan fingerprint density at radius 1 is 1.04 bits per heavy atom. The van der Waals surface area contributed by atoms with Crippen LogP contribution in [0.3, 0.4) is 0 Å². The van der Waals surface area contributed by atoms with Crippen LogP contribution in [0.25, 0.3) is 22.4 Å². The molecule has 8 nitrogen and oxygen atoms in total. The molecule has 0 saturated heterocycles. The highest BCUT2D eigenvalue weighted by Crippen LogP contribution is 2.22. The van der Waals surface area contributed by atoms with Gasteiger partial charge in [-0.25, -0.2) is 19.2 Å². The number of fused-ring (bicyclic) bond motifs is 3. The van der Waals surface area contributed by atoms with Gasteiger partial charge in [0.25, 0.3) is 0 Å². The van der Waals surface area contributed by atoms with E-state index in [2.05, 4.69) is 25.3 Å². The first-order chi connectivity index (χ1) is 12.7. The van der Waals surface area contributed by atoms with E-state index in [1.165, 1.54) is 0 Å². The Morgan fingerprint density at radius 2 is 1.88 bits per heavy atom. The normalized spacial score (nSPS) is 12.8. The minimum Gasteiger partial charge on any atom is -0.261 e. The van der Waals surface area contributed by atoms with Crippen LogP contribution in [0.2, 0.25) is 5.02 Å². The van der Waals surface area contributed by atoms with Crippen molar-refractivity contribution in [2.24, 2.45) is 0 Å². The molecule has 0 unspecified atom stereocenters. The first-order valence-corrected chi connectivity index (χ1v) is 8.42. The molecule has 4 heterocycles. The van der Waals surface area contributed by atoms with Crippen LogP contribution >= 0.6 is 11.6 Å². The summed E-state index contributed by atoms with van der Waals surface area (Å²) < 4.78 is 5.19. The van der Waals surface area contributed by atoms with Crippen molar-refractivity contribution in [3.05, 3.63) is 66.1 Å². The van der Waals surface area contributed by atoms with Crippen LogP contribution in [-0.2, 0) is 0 Å². The second kappa shape index (κ2) is 5.63. The Labute approximate surface area is 152 Å². The third-order valence-corrected chi connectivity index (χ3v) is 4.46. The van der Waals surface area contributed by atoms with E-state index in [1.807, 2.05) is 37.3 Å². The number of hydrogen-bond acceptors (Lipinski definition) is 5. The minimum atomic E-state index is -0.151. The van der Waals surface area contributed by atoms with Gasteiger partial charge in [-0.2, -0.15) is 10.2 Å². The average molecular weight is 365 g/mol. The first-order valence-electron chi connectivity index (χ1n) is 8.05. The van der Waals surface area contributed by atoms with Gasteiger partial charge in [-0.1, -0.05) is 29.8 Å². The molecule has 0 N–H and O–H groups in total. The molecule has 128 valence electrons. The number of para-hydroxylation sites is 1. The summed E-state index contributed by atoms with van der Waals surface area (Å²) in [4.78, 5) is 9.20. The smallest absolute Gasteiger partial charge is 0.176 e. The number of nitrogens with zero attached hydrogens (tertiary/aromatic N) is 8. The standard InChI is InChI=1S/C17H13ClN8/c1-11(24-9-12(18)7-20-24)15-22-17-14-8-21-26(13-5-3-2-4-6-13)16(14)19-10-25(17)23-15/h2-11H,1H3/t11-/m0/s1. The molecule has 0 fully saturated rings. The van der Waals surface area contributed by atoms with Crippen molar-refractivity contribution in [2.75, 3.05) is 0 Å². The molecule has 0 radical (unpaired) electrons. The molecule has 0 amide bonds. The van der Waals surface area contributed by atoms with Gasteiger partial charge >= 0.3 is 0 Å². The molecule has 26 heavy (non-hydrogen) atoms. The molecule has 1 atom stereocenters. The highest BCUT2D eigenvalue weighted by atomic mass is 35.5. The summed E-state index contributed by atoms with van der Waals surface area (Å²) in [5, 5.41) is 14.6. The molecule has 0 saturated carbocycles. The van der Waals surface area contributed by atoms with E-state index in [4.69, 9.17) is 11.6 Å². The predicted octanol–water partition coefficient (Wildman–Crippen LogP) is 2.92. The van der Waals surface area contributed by atoms with E-state index >= 15 is 0 Å². The van der Waals surface area contributed by atoms with Crippen LogP contribution in [0.15, 0.2) is 55.2 Å². The topological polar surface area (TPSA) is 78.7 Å². The zero-order valence-electron chi connectivity index (χ0n) is 13.7. The molecule has 0 bridgehead atoms. The summed E-state index contributed by atoms with van der Waals surface area (Å²) in [5.41, 5.74) is 2.38.